The summed E-state index contributed by atoms with van der Waals surface area (Å²) in [6.45, 7) is 1.38. The number of nitrogens with two attached hydrogens (primary N) is 1. The van der Waals surface area contributed by atoms with Gasteiger partial charge in [-0.2, -0.15) is 0 Å². The third kappa shape index (κ3) is 2.96. The van der Waals surface area contributed by atoms with Crippen LogP contribution in [-0.2, 0) is 4.79 Å². The Morgan fingerprint density at radius 3 is 2.62 bits per heavy atom. The van der Waals surface area contributed by atoms with Gasteiger partial charge in [0, 0.05) is 10.2 Å². The number of nitrogen functional groups attached to an aromatic ring is 1. The summed E-state index contributed by atoms with van der Waals surface area (Å²) in [5.74, 6) is -1.59. The van der Waals surface area contributed by atoms with Gasteiger partial charge < -0.3 is 16.2 Å². The summed E-state index contributed by atoms with van der Waals surface area (Å²) >= 11 is 3.21. The van der Waals surface area contributed by atoms with Gasteiger partial charge >= 0.3 is 5.97 Å². The molecule has 0 saturated heterocycles. The predicted octanol–water partition coefficient (Wildman–Crippen LogP) is 1.23. The summed E-state index contributed by atoms with van der Waals surface area (Å²) in [5.41, 5.74) is 6.19. The van der Waals surface area contributed by atoms with Crippen LogP contribution >= 0.6 is 15.9 Å². The van der Waals surface area contributed by atoms with E-state index in [1.54, 1.807) is 12.1 Å². The molecule has 5 nitrogen and oxygen atoms in total. The summed E-state index contributed by atoms with van der Waals surface area (Å²) in [6.07, 6.45) is 0. The number of amides is 1. The monoisotopic (exact) mass is 286 g/mol. The van der Waals surface area contributed by atoms with Crippen LogP contribution in [0.25, 0.3) is 0 Å². The van der Waals surface area contributed by atoms with Gasteiger partial charge in [0.25, 0.3) is 5.91 Å². The molecule has 0 aromatic heterocycles. The fourth-order valence-electron chi connectivity index (χ4n) is 1.08. The number of hydrogen-bond acceptors (Lipinski definition) is 3. The number of carboxylic acid groups (broad SMARTS) is 1. The highest BCUT2D eigenvalue weighted by Crippen LogP contribution is 2.18. The topological polar surface area (TPSA) is 92.4 Å². The van der Waals surface area contributed by atoms with Crippen molar-refractivity contribution in [2.75, 3.05) is 5.73 Å². The number of rotatable bonds is 3. The van der Waals surface area contributed by atoms with Gasteiger partial charge in [0.15, 0.2) is 0 Å². The molecular formula is C10H11BrN2O3. The number of anilines is 1. The predicted molar refractivity (Wildman–Crippen MR) is 63.1 cm³/mol. The Balaban J connectivity index is 2.85. The highest BCUT2D eigenvalue weighted by atomic mass is 79.9. The number of halogens is 1. The van der Waals surface area contributed by atoms with Gasteiger partial charge in [-0.25, -0.2) is 0 Å². The number of aliphatic carboxylic acids is 1. The molecule has 0 radical (unpaired) electrons. The molecule has 0 fully saturated rings. The van der Waals surface area contributed by atoms with Crippen LogP contribution in [0.3, 0.4) is 0 Å². The summed E-state index contributed by atoms with van der Waals surface area (Å²) in [4.78, 5) is 22.2. The first kappa shape index (κ1) is 12.5. The minimum absolute atomic E-state index is 0.260. The number of benzene rings is 1. The van der Waals surface area contributed by atoms with E-state index in [0.29, 0.717) is 5.69 Å². The normalized spacial score (nSPS) is 11.9. The van der Waals surface area contributed by atoms with Crippen LogP contribution in [0.5, 0.6) is 0 Å². The van der Waals surface area contributed by atoms with Crippen LogP contribution in [0.1, 0.15) is 17.3 Å². The average molecular weight is 287 g/mol. The first-order valence-corrected chi connectivity index (χ1v) is 5.30. The highest BCUT2D eigenvalue weighted by molar-refractivity contribution is 9.10. The fraction of sp³-hybridized carbons (Fsp3) is 0.200. The van der Waals surface area contributed by atoms with Crippen LogP contribution < -0.4 is 11.1 Å². The molecule has 0 aliphatic rings. The Kier molecular flexibility index (Phi) is 3.89. The molecule has 1 rings (SSSR count). The van der Waals surface area contributed by atoms with Crippen LogP contribution in [-0.4, -0.2) is 23.0 Å². The number of carboxylic acids is 1. The second kappa shape index (κ2) is 4.98. The van der Waals surface area contributed by atoms with Crippen molar-refractivity contribution in [2.24, 2.45) is 0 Å². The van der Waals surface area contributed by atoms with Crippen molar-refractivity contribution in [2.45, 2.75) is 13.0 Å². The molecule has 1 aromatic carbocycles. The zero-order valence-corrected chi connectivity index (χ0v) is 10.1. The second-order valence-electron chi connectivity index (χ2n) is 3.26. The lowest BCUT2D eigenvalue weighted by atomic mass is 10.1. The maximum atomic E-state index is 11.6. The molecule has 0 unspecified atom stereocenters. The maximum absolute atomic E-state index is 11.6. The molecule has 1 amide bonds. The Hall–Kier alpha value is -1.56. The van der Waals surface area contributed by atoms with E-state index in [2.05, 4.69) is 21.2 Å². The van der Waals surface area contributed by atoms with E-state index < -0.39 is 17.9 Å². The van der Waals surface area contributed by atoms with E-state index in [0.717, 1.165) is 4.47 Å². The zero-order chi connectivity index (χ0) is 12.3. The van der Waals surface area contributed by atoms with Gasteiger partial charge in [-0.3, -0.25) is 9.59 Å². The molecule has 16 heavy (non-hydrogen) atoms. The summed E-state index contributed by atoms with van der Waals surface area (Å²) in [7, 11) is 0. The molecular weight excluding hydrogens is 276 g/mol. The van der Waals surface area contributed by atoms with Crippen molar-refractivity contribution in [3.8, 4) is 0 Å². The first-order valence-electron chi connectivity index (χ1n) is 4.50. The van der Waals surface area contributed by atoms with E-state index in [1.165, 1.54) is 13.0 Å². The molecule has 86 valence electrons. The molecule has 0 bridgehead atoms. The van der Waals surface area contributed by atoms with Gasteiger partial charge in [-0.15, -0.1) is 0 Å². The summed E-state index contributed by atoms with van der Waals surface area (Å²) in [6, 6.07) is 3.83. The van der Waals surface area contributed by atoms with Crippen molar-refractivity contribution < 1.29 is 14.7 Å². The van der Waals surface area contributed by atoms with E-state index in [1.807, 2.05) is 0 Å². The molecule has 6 heteroatoms. The number of hydrogen-bond donors (Lipinski definition) is 3. The van der Waals surface area contributed by atoms with Crippen LogP contribution in [0.15, 0.2) is 22.7 Å². The van der Waals surface area contributed by atoms with Crippen molar-refractivity contribution in [1.82, 2.24) is 5.32 Å². The second-order valence-corrected chi connectivity index (χ2v) is 4.18. The summed E-state index contributed by atoms with van der Waals surface area (Å²) < 4.78 is 0.757. The molecule has 1 atom stereocenters. The van der Waals surface area contributed by atoms with E-state index in [9.17, 15) is 9.59 Å². The first-order chi connectivity index (χ1) is 7.41. The number of nitrogens with one attached hydrogen (secondary N) is 1. The largest absolute Gasteiger partial charge is 0.480 e. The molecule has 0 saturated carbocycles. The number of carbonyl (C=O) groups excluding carboxylic acids is 1. The van der Waals surface area contributed by atoms with Gasteiger partial charge in [0.2, 0.25) is 0 Å². The van der Waals surface area contributed by atoms with E-state index in [-0.39, 0.29) is 5.56 Å². The Morgan fingerprint density at radius 1 is 1.50 bits per heavy atom. The molecule has 0 spiro atoms. The van der Waals surface area contributed by atoms with Gasteiger partial charge in [-0.05, 0) is 25.1 Å². The lowest BCUT2D eigenvalue weighted by Gasteiger charge is -2.10. The van der Waals surface area contributed by atoms with E-state index >= 15 is 0 Å². The Labute approximate surface area is 101 Å². The maximum Gasteiger partial charge on any atom is 0.325 e. The zero-order valence-electron chi connectivity index (χ0n) is 8.53. The third-order valence-electron chi connectivity index (χ3n) is 1.98. The number of carbonyl (C=O) groups is 2. The minimum Gasteiger partial charge on any atom is -0.480 e. The quantitative estimate of drug-likeness (QED) is 0.729. The molecule has 1 aromatic rings. The fourth-order valence-corrected chi connectivity index (χ4v) is 1.46. The van der Waals surface area contributed by atoms with Crippen molar-refractivity contribution in [3.05, 3.63) is 28.2 Å². The van der Waals surface area contributed by atoms with Gasteiger partial charge in [0.1, 0.15) is 6.04 Å². The lowest BCUT2D eigenvalue weighted by molar-refractivity contribution is -0.138. The summed E-state index contributed by atoms with van der Waals surface area (Å²) in [5, 5.41) is 11.0. The van der Waals surface area contributed by atoms with Crippen molar-refractivity contribution >= 4 is 33.5 Å². The Bertz CT molecular complexity index is 434. The van der Waals surface area contributed by atoms with E-state index in [4.69, 9.17) is 10.8 Å². The lowest BCUT2D eigenvalue weighted by Crippen LogP contribution is -2.38. The molecule has 0 aliphatic heterocycles. The van der Waals surface area contributed by atoms with Crippen molar-refractivity contribution in [1.29, 1.82) is 0 Å². The average Bonchev–Trinajstić information content (AvgIpc) is 2.16. The van der Waals surface area contributed by atoms with Crippen LogP contribution in [0, 0.1) is 0 Å². The molecule has 0 heterocycles. The van der Waals surface area contributed by atoms with Crippen LogP contribution in [0.2, 0.25) is 0 Å². The van der Waals surface area contributed by atoms with Gasteiger partial charge in [0.05, 0.1) is 5.56 Å². The SMILES string of the molecule is C[C@@H](NC(=O)c1ccc(Br)cc1N)C(=O)O. The Morgan fingerprint density at radius 2 is 2.12 bits per heavy atom. The van der Waals surface area contributed by atoms with Crippen molar-refractivity contribution in [3.63, 3.8) is 0 Å². The van der Waals surface area contributed by atoms with Crippen LogP contribution in [0.4, 0.5) is 5.69 Å². The standard InChI is InChI=1S/C10H11BrN2O3/c1-5(10(15)16)13-9(14)7-3-2-6(11)4-8(7)12/h2-5H,12H2,1H3,(H,13,14)(H,15,16)/t5-/m1/s1. The molecule has 0 aliphatic carbocycles. The smallest absolute Gasteiger partial charge is 0.325 e. The van der Waals surface area contributed by atoms with Gasteiger partial charge in [-0.1, -0.05) is 15.9 Å². The highest BCUT2D eigenvalue weighted by Gasteiger charge is 2.16. The third-order valence-corrected chi connectivity index (χ3v) is 2.47. The molecule has 4 N–H and O–H groups in total. The minimum atomic E-state index is -1.09.